The van der Waals surface area contributed by atoms with Crippen LogP contribution in [-0.2, 0) is 14.6 Å². The van der Waals surface area contributed by atoms with Gasteiger partial charge in [-0.2, -0.15) is 0 Å². The second-order valence-electron chi connectivity index (χ2n) is 6.99. The number of benzene rings is 1. The number of carbonyl (C=O) groups is 2. The van der Waals surface area contributed by atoms with E-state index in [4.69, 9.17) is 5.11 Å². The van der Waals surface area contributed by atoms with Crippen molar-refractivity contribution >= 4 is 27.4 Å². The van der Waals surface area contributed by atoms with E-state index in [1.54, 1.807) is 21.9 Å². The van der Waals surface area contributed by atoms with Gasteiger partial charge in [0.25, 0.3) is 5.91 Å². The minimum Gasteiger partial charge on any atom is -0.480 e. The average Bonchev–Trinajstić information content (AvgIpc) is 2.89. The van der Waals surface area contributed by atoms with Gasteiger partial charge in [0.2, 0.25) is 0 Å². The fourth-order valence-corrected chi connectivity index (χ4v) is 5.86. The van der Waals surface area contributed by atoms with E-state index in [0.717, 1.165) is 5.69 Å². The van der Waals surface area contributed by atoms with Gasteiger partial charge in [0, 0.05) is 38.9 Å². The molecule has 2 atom stereocenters. The molecule has 3 rings (SSSR count). The number of aliphatic carboxylic acids is 1. The largest absolute Gasteiger partial charge is 0.480 e. The molecule has 2 fully saturated rings. The Morgan fingerprint density at radius 3 is 2.46 bits per heavy atom. The molecule has 0 unspecified atom stereocenters. The summed E-state index contributed by atoms with van der Waals surface area (Å²) >= 11 is 0. The summed E-state index contributed by atoms with van der Waals surface area (Å²) in [6, 6.07) is 6.22. The second kappa shape index (κ2) is 6.88. The topological polar surface area (TPSA) is 98.2 Å². The summed E-state index contributed by atoms with van der Waals surface area (Å²) < 4.78 is 24.4. The lowest BCUT2D eigenvalue weighted by Gasteiger charge is -2.43. The summed E-state index contributed by atoms with van der Waals surface area (Å²) in [7, 11) is 0.382. The predicted octanol–water partition coefficient (Wildman–Crippen LogP) is -0.239. The maximum atomic E-state index is 13.2. The highest BCUT2D eigenvalue weighted by atomic mass is 32.2. The number of rotatable bonds is 4. The lowest BCUT2D eigenvalue weighted by Crippen LogP contribution is -2.61. The molecule has 0 aromatic heterocycles. The Hall–Kier alpha value is -2.13. The van der Waals surface area contributed by atoms with E-state index in [1.807, 2.05) is 31.1 Å². The lowest BCUT2D eigenvalue weighted by molar-refractivity contribution is -0.139. The van der Waals surface area contributed by atoms with Gasteiger partial charge in [0.05, 0.1) is 29.7 Å². The molecule has 9 heteroatoms. The Kier molecular flexibility index (Phi) is 4.94. The highest BCUT2D eigenvalue weighted by Crippen LogP contribution is 2.29. The van der Waals surface area contributed by atoms with E-state index in [9.17, 15) is 18.0 Å². The lowest BCUT2D eigenvalue weighted by atomic mass is 10.0. The molecule has 2 aliphatic heterocycles. The van der Waals surface area contributed by atoms with Crippen LogP contribution in [0, 0.1) is 0 Å². The number of hydrogen-bond acceptors (Lipinski definition) is 6. The van der Waals surface area contributed by atoms with Crippen LogP contribution in [0.1, 0.15) is 10.4 Å². The number of sulfone groups is 1. The number of para-hydroxylation sites is 1. The Bertz CT molecular complexity index is 823. The van der Waals surface area contributed by atoms with Gasteiger partial charge in [-0.3, -0.25) is 14.5 Å². The molecule has 0 radical (unpaired) electrons. The van der Waals surface area contributed by atoms with Crippen molar-refractivity contribution in [1.82, 2.24) is 9.80 Å². The quantitative estimate of drug-likeness (QED) is 0.769. The molecular weight excluding hydrogens is 358 g/mol. The summed E-state index contributed by atoms with van der Waals surface area (Å²) in [6.07, 6.45) is 0. The molecule has 26 heavy (non-hydrogen) atoms. The van der Waals surface area contributed by atoms with E-state index in [2.05, 4.69) is 0 Å². The molecule has 0 bridgehead atoms. The van der Waals surface area contributed by atoms with Crippen molar-refractivity contribution < 1.29 is 23.1 Å². The molecule has 0 spiro atoms. The Morgan fingerprint density at radius 1 is 1.15 bits per heavy atom. The first-order chi connectivity index (χ1) is 12.2. The molecule has 1 aromatic rings. The fourth-order valence-electron chi connectivity index (χ4n) is 3.85. The van der Waals surface area contributed by atoms with E-state index in [1.165, 1.54) is 0 Å². The average molecular weight is 381 g/mol. The van der Waals surface area contributed by atoms with Crippen molar-refractivity contribution in [2.45, 2.75) is 12.1 Å². The van der Waals surface area contributed by atoms with E-state index in [0.29, 0.717) is 18.7 Å². The van der Waals surface area contributed by atoms with Crippen LogP contribution in [0.15, 0.2) is 24.3 Å². The van der Waals surface area contributed by atoms with E-state index in [-0.39, 0.29) is 24.0 Å². The molecule has 8 nitrogen and oxygen atoms in total. The number of fused-ring (bicyclic) bond motifs is 1. The zero-order valence-corrected chi connectivity index (χ0v) is 15.6. The van der Waals surface area contributed by atoms with Gasteiger partial charge in [0.15, 0.2) is 9.84 Å². The van der Waals surface area contributed by atoms with Crippen LogP contribution in [-0.4, -0.2) is 92.5 Å². The minimum atomic E-state index is -3.31. The number of carboxylic acid groups (broad SMARTS) is 1. The zero-order chi connectivity index (χ0) is 19.1. The van der Waals surface area contributed by atoms with Crippen molar-refractivity contribution in [2.75, 3.05) is 50.1 Å². The summed E-state index contributed by atoms with van der Waals surface area (Å²) in [5.74, 6) is -1.43. The van der Waals surface area contributed by atoms with Crippen LogP contribution < -0.4 is 4.90 Å². The number of carboxylic acids is 1. The van der Waals surface area contributed by atoms with E-state index >= 15 is 0 Å². The van der Waals surface area contributed by atoms with Gasteiger partial charge in [-0.15, -0.1) is 0 Å². The van der Waals surface area contributed by atoms with Crippen molar-refractivity contribution in [1.29, 1.82) is 0 Å². The van der Waals surface area contributed by atoms with Gasteiger partial charge < -0.3 is 14.9 Å². The smallest absolute Gasteiger partial charge is 0.317 e. The van der Waals surface area contributed by atoms with Crippen molar-refractivity contribution in [2.24, 2.45) is 0 Å². The monoisotopic (exact) mass is 381 g/mol. The second-order valence-corrected chi connectivity index (χ2v) is 9.14. The standard InChI is InChI=1S/C17H23N3O5S/c1-18(2)13-6-4-3-5-12(13)17(23)20-8-7-19(9-16(21)22)14-10-26(24,25)11-15(14)20/h3-6,14-15H,7-11H2,1-2H3,(H,21,22)/t14-,15+/m1/s1. The molecule has 0 saturated carbocycles. The normalized spacial score (nSPS) is 24.9. The molecule has 2 heterocycles. The van der Waals surface area contributed by atoms with Crippen LogP contribution >= 0.6 is 0 Å². The Morgan fingerprint density at radius 2 is 1.81 bits per heavy atom. The molecule has 1 amide bonds. The van der Waals surface area contributed by atoms with Gasteiger partial charge in [-0.1, -0.05) is 12.1 Å². The van der Waals surface area contributed by atoms with Gasteiger partial charge in [0.1, 0.15) is 0 Å². The maximum Gasteiger partial charge on any atom is 0.317 e. The van der Waals surface area contributed by atoms with Gasteiger partial charge >= 0.3 is 5.97 Å². The highest BCUT2D eigenvalue weighted by Gasteiger charge is 2.48. The molecular formula is C17H23N3O5S. The predicted molar refractivity (Wildman–Crippen MR) is 97.2 cm³/mol. The molecule has 1 aromatic carbocycles. The van der Waals surface area contributed by atoms with Crippen molar-refractivity contribution in [3.8, 4) is 0 Å². The van der Waals surface area contributed by atoms with E-state index < -0.39 is 27.9 Å². The molecule has 1 N–H and O–H groups in total. The third-order valence-electron chi connectivity index (χ3n) is 5.01. The summed E-state index contributed by atoms with van der Waals surface area (Å²) in [5, 5.41) is 9.09. The third-order valence-corrected chi connectivity index (χ3v) is 6.71. The summed E-state index contributed by atoms with van der Waals surface area (Å²) in [6.45, 7) is 0.441. The van der Waals surface area contributed by atoms with Crippen LogP contribution in [0.4, 0.5) is 5.69 Å². The maximum absolute atomic E-state index is 13.2. The number of piperazine rings is 1. The fraction of sp³-hybridized carbons (Fsp3) is 0.529. The number of carbonyl (C=O) groups excluding carboxylic acids is 1. The number of amides is 1. The molecule has 2 saturated heterocycles. The molecule has 142 valence electrons. The first-order valence-electron chi connectivity index (χ1n) is 8.43. The first-order valence-corrected chi connectivity index (χ1v) is 10.3. The molecule has 2 aliphatic rings. The zero-order valence-electron chi connectivity index (χ0n) is 14.8. The number of anilines is 1. The molecule has 0 aliphatic carbocycles. The Balaban J connectivity index is 1.92. The Labute approximate surface area is 152 Å². The van der Waals surface area contributed by atoms with Crippen LogP contribution in [0.3, 0.4) is 0 Å². The van der Waals surface area contributed by atoms with Gasteiger partial charge in [-0.05, 0) is 12.1 Å². The number of hydrogen-bond donors (Lipinski definition) is 1. The summed E-state index contributed by atoms with van der Waals surface area (Å²) in [4.78, 5) is 29.4. The summed E-state index contributed by atoms with van der Waals surface area (Å²) in [5.41, 5.74) is 1.29. The first kappa shape index (κ1) is 18.7. The van der Waals surface area contributed by atoms with Crippen LogP contribution in [0.2, 0.25) is 0 Å². The van der Waals surface area contributed by atoms with Crippen molar-refractivity contribution in [3.05, 3.63) is 29.8 Å². The highest BCUT2D eigenvalue weighted by molar-refractivity contribution is 7.91. The van der Waals surface area contributed by atoms with Gasteiger partial charge in [-0.25, -0.2) is 8.42 Å². The van der Waals surface area contributed by atoms with Crippen LogP contribution in [0.5, 0.6) is 0 Å². The van der Waals surface area contributed by atoms with Crippen LogP contribution in [0.25, 0.3) is 0 Å². The van der Waals surface area contributed by atoms with Crippen molar-refractivity contribution in [3.63, 3.8) is 0 Å². The minimum absolute atomic E-state index is 0.107. The SMILES string of the molecule is CN(C)c1ccccc1C(=O)N1CCN(CC(=O)O)[C@@H]2CS(=O)(=O)C[C@@H]21. The third kappa shape index (κ3) is 3.54. The number of nitrogens with zero attached hydrogens (tertiary/aromatic N) is 3.